The van der Waals surface area contributed by atoms with Gasteiger partial charge in [0.1, 0.15) is 0 Å². The van der Waals surface area contributed by atoms with Gasteiger partial charge in [0.25, 0.3) is 0 Å². The van der Waals surface area contributed by atoms with Crippen LogP contribution in [0.1, 0.15) is 43.6 Å². The van der Waals surface area contributed by atoms with Gasteiger partial charge in [0, 0.05) is 6.61 Å². The summed E-state index contributed by atoms with van der Waals surface area (Å²) in [6.45, 7) is 1.21. The topological polar surface area (TPSA) is 46.6 Å². The summed E-state index contributed by atoms with van der Waals surface area (Å²) in [6, 6.07) is 10.4. The first-order valence-corrected chi connectivity index (χ1v) is 8.76. The fourth-order valence-corrected chi connectivity index (χ4v) is 4.45. The standard InChI is InChI=1S/C19H23NO3/c21-18-16-9-8-14(13-5-2-1-3-6-13)11-17(16)19(22)20(18)12-15-7-4-10-23-15/h1-3,5-6,14-17H,4,7-12H2. The molecule has 4 nitrogen and oxygen atoms in total. The number of amides is 2. The molecule has 1 aliphatic carbocycles. The molecule has 2 saturated heterocycles. The summed E-state index contributed by atoms with van der Waals surface area (Å²) in [5, 5.41) is 0. The number of carbonyl (C=O) groups excluding carboxylic acids is 2. The summed E-state index contributed by atoms with van der Waals surface area (Å²) < 4.78 is 5.61. The molecule has 2 amide bonds. The van der Waals surface area contributed by atoms with Gasteiger partial charge in [-0.15, -0.1) is 0 Å². The van der Waals surface area contributed by atoms with Crippen molar-refractivity contribution in [2.24, 2.45) is 11.8 Å². The highest BCUT2D eigenvalue weighted by atomic mass is 16.5. The quantitative estimate of drug-likeness (QED) is 0.806. The molecule has 0 bridgehead atoms. The van der Waals surface area contributed by atoms with E-state index in [4.69, 9.17) is 4.74 Å². The van der Waals surface area contributed by atoms with Crippen LogP contribution in [0, 0.1) is 11.8 Å². The minimum atomic E-state index is -0.122. The van der Waals surface area contributed by atoms with Gasteiger partial charge in [-0.2, -0.15) is 0 Å². The normalized spacial score (nSPS) is 34.0. The molecular weight excluding hydrogens is 290 g/mol. The number of carbonyl (C=O) groups is 2. The van der Waals surface area contributed by atoms with Crippen LogP contribution < -0.4 is 0 Å². The van der Waals surface area contributed by atoms with Crippen molar-refractivity contribution in [3.05, 3.63) is 35.9 Å². The van der Waals surface area contributed by atoms with Crippen LogP contribution in [0.4, 0.5) is 0 Å². The Labute approximate surface area is 136 Å². The van der Waals surface area contributed by atoms with Gasteiger partial charge in [-0.25, -0.2) is 0 Å². The van der Waals surface area contributed by atoms with Crippen molar-refractivity contribution >= 4 is 11.8 Å². The molecule has 0 radical (unpaired) electrons. The molecule has 1 saturated carbocycles. The molecule has 3 fully saturated rings. The Bertz CT molecular complexity index is 594. The molecule has 2 aliphatic heterocycles. The second-order valence-corrected chi connectivity index (χ2v) is 7.06. The number of imide groups is 1. The van der Waals surface area contributed by atoms with E-state index in [1.807, 2.05) is 18.2 Å². The molecule has 0 N–H and O–H groups in total. The highest BCUT2D eigenvalue weighted by Crippen LogP contribution is 2.44. The number of ether oxygens (including phenoxy) is 1. The maximum Gasteiger partial charge on any atom is 0.233 e. The zero-order valence-electron chi connectivity index (χ0n) is 13.3. The fraction of sp³-hybridized carbons (Fsp3) is 0.579. The van der Waals surface area contributed by atoms with Crippen molar-refractivity contribution in [3.8, 4) is 0 Å². The second kappa shape index (κ2) is 6.08. The van der Waals surface area contributed by atoms with Crippen molar-refractivity contribution in [2.45, 2.75) is 44.1 Å². The van der Waals surface area contributed by atoms with E-state index in [-0.39, 0.29) is 29.8 Å². The Balaban J connectivity index is 1.48. The van der Waals surface area contributed by atoms with Crippen LogP contribution >= 0.6 is 0 Å². The number of benzene rings is 1. The lowest BCUT2D eigenvalue weighted by Gasteiger charge is -2.28. The third-order valence-electron chi connectivity index (χ3n) is 5.70. The van der Waals surface area contributed by atoms with E-state index in [1.165, 1.54) is 10.5 Å². The van der Waals surface area contributed by atoms with E-state index in [2.05, 4.69) is 12.1 Å². The number of fused-ring (bicyclic) bond motifs is 1. The molecule has 1 aromatic rings. The smallest absolute Gasteiger partial charge is 0.233 e. The van der Waals surface area contributed by atoms with Crippen LogP contribution in [0.5, 0.6) is 0 Å². The van der Waals surface area contributed by atoms with Crippen molar-refractivity contribution in [1.82, 2.24) is 4.90 Å². The number of rotatable bonds is 3. The molecule has 4 atom stereocenters. The van der Waals surface area contributed by atoms with Crippen molar-refractivity contribution in [3.63, 3.8) is 0 Å². The van der Waals surface area contributed by atoms with Gasteiger partial charge < -0.3 is 4.74 Å². The Morgan fingerprint density at radius 2 is 1.78 bits per heavy atom. The average molecular weight is 313 g/mol. The zero-order valence-corrected chi connectivity index (χ0v) is 13.3. The minimum absolute atomic E-state index is 0.0381. The lowest BCUT2D eigenvalue weighted by molar-refractivity contribution is -0.141. The molecule has 0 aromatic heterocycles. The van der Waals surface area contributed by atoms with Crippen molar-refractivity contribution in [2.75, 3.05) is 13.2 Å². The molecule has 1 aromatic carbocycles. The summed E-state index contributed by atoms with van der Waals surface area (Å²) >= 11 is 0. The monoisotopic (exact) mass is 313 g/mol. The van der Waals surface area contributed by atoms with Gasteiger partial charge in [-0.3, -0.25) is 14.5 Å². The Hall–Kier alpha value is -1.68. The molecule has 23 heavy (non-hydrogen) atoms. The third kappa shape index (κ3) is 2.69. The Kier molecular flexibility index (Phi) is 3.93. The molecule has 4 rings (SSSR count). The van der Waals surface area contributed by atoms with Crippen molar-refractivity contribution in [1.29, 1.82) is 0 Å². The van der Waals surface area contributed by atoms with E-state index in [0.717, 1.165) is 38.7 Å². The number of hydrogen-bond acceptors (Lipinski definition) is 3. The summed E-state index contributed by atoms with van der Waals surface area (Å²) in [5.74, 6) is 0.266. The first-order chi connectivity index (χ1) is 11.2. The number of hydrogen-bond donors (Lipinski definition) is 0. The van der Waals surface area contributed by atoms with Crippen LogP contribution in [0.3, 0.4) is 0 Å². The molecule has 122 valence electrons. The van der Waals surface area contributed by atoms with E-state index in [9.17, 15) is 9.59 Å². The Morgan fingerprint density at radius 3 is 2.52 bits per heavy atom. The highest BCUT2D eigenvalue weighted by molar-refractivity contribution is 6.05. The third-order valence-corrected chi connectivity index (χ3v) is 5.70. The SMILES string of the molecule is O=C1C2CCC(c3ccccc3)CC2C(=O)N1CC1CCCO1. The molecule has 0 spiro atoms. The summed E-state index contributed by atoms with van der Waals surface area (Å²) in [6.07, 6.45) is 4.67. The van der Waals surface area contributed by atoms with E-state index in [0.29, 0.717) is 12.5 Å². The minimum Gasteiger partial charge on any atom is -0.376 e. The zero-order chi connectivity index (χ0) is 15.8. The molecule has 4 unspecified atom stereocenters. The predicted octanol–water partition coefficient (Wildman–Crippen LogP) is 2.73. The highest BCUT2D eigenvalue weighted by Gasteiger charge is 2.50. The molecule has 2 heterocycles. The molecular formula is C19H23NO3. The maximum absolute atomic E-state index is 12.8. The van der Waals surface area contributed by atoms with Gasteiger partial charge in [0.2, 0.25) is 11.8 Å². The van der Waals surface area contributed by atoms with Crippen LogP contribution in [0.2, 0.25) is 0 Å². The van der Waals surface area contributed by atoms with E-state index < -0.39 is 0 Å². The largest absolute Gasteiger partial charge is 0.376 e. The maximum atomic E-state index is 12.8. The Morgan fingerprint density at radius 1 is 1.00 bits per heavy atom. The van der Waals surface area contributed by atoms with Gasteiger partial charge in [-0.1, -0.05) is 30.3 Å². The fourth-order valence-electron chi connectivity index (χ4n) is 4.45. The average Bonchev–Trinajstić information content (AvgIpc) is 3.19. The van der Waals surface area contributed by atoms with Gasteiger partial charge in [0.15, 0.2) is 0 Å². The lowest BCUT2D eigenvalue weighted by Crippen LogP contribution is -2.37. The van der Waals surface area contributed by atoms with Gasteiger partial charge >= 0.3 is 0 Å². The van der Waals surface area contributed by atoms with E-state index in [1.54, 1.807) is 0 Å². The van der Waals surface area contributed by atoms with Crippen LogP contribution in [0.15, 0.2) is 30.3 Å². The van der Waals surface area contributed by atoms with Gasteiger partial charge in [0.05, 0.1) is 24.5 Å². The first-order valence-electron chi connectivity index (χ1n) is 8.76. The van der Waals surface area contributed by atoms with Gasteiger partial charge in [-0.05, 0) is 43.6 Å². The molecule has 4 heteroatoms. The van der Waals surface area contributed by atoms with E-state index >= 15 is 0 Å². The number of nitrogens with zero attached hydrogens (tertiary/aromatic N) is 1. The van der Waals surface area contributed by atoms with Crippen LogP contribution in [-0.2, 0) is 14.3 Å². The number of likely N-dealkylation sites (tertiary alicyclic amines) is 1. The summed E-state index contributed by atoms with van der Waals surface area (Å²) in [5.41, 5.74) is 1.30. The summed E-state index contributed by atoms with van der Waals surface area (Å²) in [4.78, 5) is 26.9. The summed E-state index contributed by atoms with van der Waals surface area (Å²) in [7, 11) is 0. The molecule has 3 aliphatic rings. The second-order valence-electron chi connectivity index (χ2n) is 7.06. The lowest BCUT2D eigenvalue weighted by atomic mass is 9.73. The predicted molar refractivity (Wildman–Crippen MR) is 85.7 cm³/mol. The first kappa shape index (κ1) is 14.9. The van der Waals surface area contributed by atoms with Crippen LogP contribution in [0.25, 0.3) is 0 Å². The van der Waals surface area contributed by atoms with Crippen molar-refractivity contribution < 1.29 is 14.3 Å². The van der Waals surface area contributed by atoms with Crippen LogP contribution in [-0.4, -0.2) is 36.0 Å².